The van der Waals surface area contributed by atoms with Crippen molar-refractivity contribution in [3.05, 3.63) is 41.5 Å². The minimum atomic E-state index is -4.41. The van der Waals surface area contributed by atoms with E-state index >= 15 is 0 Å². The standard InChI is InChI=1S/C16H18F3NO4/c1-23-10-9-20(11-15(22)24-2)14(21)8-5-12-3-6-13(7-4-12)16(17,18)19/h3-8H,9-11H2,1-2H3/b8-5+. The van der Waals surface area contributed by atoms with Gasteiger partial charge in [0.1, 0.15) is 6.54 Å². The molecule has 0 bridgehead atoms. The Morgan fingerprint density at radius 1 is 1.17 bits per heavy atom. The van der Waals surface area contributed by atoms with Gasteiger partial charge in [-0.15, -0.1) is 0 Å². The highest BCUT2D eigenvalue weighted by Crippen LogP contribution is 2.29. The van der Waals surface area contributed by atoms with Crippen molar-refractivity contribution >= 4 is 18.0 Å². The highest BCUT2D eigenvalue weighted by molar-refractivity contribution is 5.93. The quantitative estimate of drug-likeness (QED) is 0.562. The lowest BCUT2D eigenvalue weighted by Crippen LogP contribution is -2.37. The number of benzene rings is 1. The van der Waals surface area contributed by atoms with Gasteiger partial charge in [0.15, 0.2) is 0 Å². The number of hydrogen-bond acceptors (Lipinski definition) is 4. The van der Waals surface area contributed by atoms with Crippen molar-refractivity contribution in [3.8, 4) is 0 Å². The number of methoxy groups -OCH3 is 2. The molecule has 1 rings (SSSR count). The number of carbonyl (C=O) groups is 2. The summed E-state index contributed by atoms with van der Waals surface area (Å²) >= 11 is 0. The van der Waals surface area contributed by atoms with Gasteiger partial charge in [0.05, 0.1) is 19.3 Å². The Morgan fingerprint density at radius 3 is 2.29 bits per heavy atom. The first-order valence-electron chi connectivity index (χ1n) is 6.98. The zero-order valence-corrected chi connectivity index (χ0v) is 13.3. The second-order valence-electron chi connectivity index (χ2n) is 4.78. The number of hydrogen-bond donors (Lipinski definition) is 0. The molecule has 0 radical (unpaired) electrons. The smallest absolute Gasteiger partial charge is 0.416 e. The van der Waals surface area contributed by atoms with Crippen LogP contribution in [0.4, 0.5) is 13.2 Å². The van der Waals surface area contributed by atoms with Crippen LogP contribution in [0.15, 0.2) is 30.3 Å². The van der Waals surface area contributed by atoms with Crippen molar-refractivity contribution in [2.75, 3.05) is 33.9 Å². The molecule has 0 atom stereocenters. The van der Waals surface area contributed by atoms with Crippen LogP contribution in [0, 0.1) is 0 Å². The monoisotopic (exact) mass is 345 g/mol. The van der Waals surface area contributed by atoms with Gasteiger partial charge < -0.3 is 14.4 Å². The molecule has 8 heteroatoms. The summed E-state index contributed by atoms with van der Waals surface area (Å²) in [5.41, 5.74) is -0.334. The van der Waals surface area contributed by atoms with Gasteiger partial charge in [-0.25, -0.2) is 0 Å². The zero-order valence-electron chi connectivity index (χ0n) is 13.3. The number of carbonyl (C=O) groups excluding carboxylic acids is 2. The topological polar surface area (TPSA) is 55.8 Å². The van der Waals surface area contributed by atoms with Gasteiger partial charge in [-0.2, -0.15) is 13.2 Å². The number of esters is 1. The van der Waals surface area contributed by atoms with Crippen LogP contribution in [0.25, 0.3) is 6.08 Å². The molecular weight excluding hydrogens is 327 g/mol. The second-order valence-corrected chi connectivity index (χ2v) is 4.78. The van der Waals surface area contributed by atoms with Gasteiger partial charge in [-0.1, -0.05) is 12.1 Å². The average Bonchev–Trinajstić information content (AvgIpc) is 2.55. The van der Waals surface area contributed by atoms with Crippen molar-refractivity contribution in [2.24, 2.45) is 0 Å². The summed E-state index contributed by atoms with van der Waals surface area (Å²) < 4.78 is 46.8. The molecule has 5 nitrogen and oxygen atoms in total. The Kier molecular flexibility index (Phi) is 7.44. The molecule has 1 aromatic carbocycles. The Bertz CT molecular complexity index is 582. The molecule has 0 aliphatic heterocycles. The minimum Gasteiger partial charge on any atom is -0.468 e. The Morgan fingerprint density at radius 2 is 1.79 bits per heavy atom. The molecule has 24 heavy (non-hydrogen) atoms. The lowest BCUT2D eigenvalue weighted by molar-refractivity contribution is -0.145. The first-order chi connectivity index (χ1) is 11.3. The highest BCUT2D eigenvalue weighted by atomic mass is 19.4. The molecule has 0 N–H and O–H groups in total. The van der Waals surface area contributed by atoms with Crippen molar-refractivity contribution in [1.82, 2.24) is 4.90 Å². The Labute approximate surface area is 137 Å². The van der Waals surface area contributed by atoms with E-state index in [-0.39, 0.29) is 19.7 Å². The molecular formula is C16H18F3NO4. The fourth-order valence-corrected chi connectivity index (χ4v) is 1.75. The van der Waals surface area contributed by atoms with Crippen LogP contribution in [0.1, 0.15) is 11.1 Å². The SMILES string of the molecule is COCCN(CC(=O)OC)C(=O)/C=C/c1ccc(C(F)(F)F)cc1. The van der Waals surface area contributed by atoms with Crippen molar-refractivity contribution in [1.29, 1.82) is 0 Å². The molecule has 0 fully saturated rings. The average molecular weight is 345 g/mol. The van der Waals surface area contributed by atoms with Gasteiger partial charge in [0.25, 0.3) is 0 Å². The maximum absolute atomic E-state index is 12.5. The summed E-state index contributed by atoms with van der Waals surface area (Å²) in [6, 6.07) is 4.38. The molecule has 0 aliphatic rings. The maximum atomic E-state index is 12.5. The summed E-state index contributed by atoms with van der Waals surface area (Å²) in [7, 11) is 2.66. The van der Waals surface area contributed by atoms with Crippen LogP contribution in [0.5, 0.6) is 0 Å². The van der Waals surface area contributed by atoms with E-state index in [0.29, 0.717) is 5.56 Å². The maximum Gasteiger partial charge on any atom is 0.416 e. The first-order valence-corrected chi connectivity index (χ1v) is 6.98. The fraction of sp³-hybridized carbons (Fsp3) is 0.375. The fourth-order valence-electron chi connectivity index (χ4n) is 1.75. The van der Waals surface area contributed by atoms with E-state index in [2.05, 4.69) is 4.74 Å². The second kappa shape index (κ2) is 9.07. The largest absolute Gasteiger partial charge is 0.468 e. The van der Waals surface area contributed by atoms with E-state index in [1.54, 1.807) is 0 Å². The number of halogens is 3. The molecule has 0 saturated heterocycles. The van der Waals surface area contributed by atoms with Crippen molar-refractivity contribution in [2.45, 2.75) is 6.18 Å². The van der Waals surface area contributed by atoms with Crippen LogP contribution in [0.2, 0.25) is 0 Å². The minimum absolute atomic E-state index is 0.182. The van der Waals surface area contributed by atoms with Crippen LogP contribution in [0.3, 0.4) is 0 Å². The molecule has 0 aromatic heterocycles. The van der Waals surface area contributed by atoms with Crippen molar-refractivity contribution < 1.29 is 32.2 Å². The van der Waals surface area contributed by atoms with E-state index in [1.165, 1.54) is 43.4 Å². The summed E-state index contributed by atoms with van der Waals surface area (Å²) in [4.78, 5) is 24.6. The summed E-state index contributed by atoms with van der Waals surface area (Å²) in [5, 5.41) is 0. The summed E-state index contributed by atoms with van der Waals surface area (Å²) in [5.74, 6) is -1.06. The third kappa shape index (κ3) is 6.41. The van der Waals surface area contributed by atoms with Crippen molar-refractivity contribution in [3.63, 3.8) is 0 Å². The van der Waals surface area contributed by atoms with Crippen LogP contribution in [-0.2, 0) is 25.2 Å². The van der Waals surface area contributed by atoms with Gasteiger partial charge in [0, 0.05) is 19.7 Å². The first kappa shape index (κ1) is 19.7. The van der Waals surface area contributed by atoms with Crippen LogP contribution < -0.4 is 0 Å². The molecule has 0 saturated carbocycles. The van der Waals surface area contributed by atoms with E-state index in [4.69, 9.17) is 4.74 Å². The Hall–Kier alpha value is -2.35. The summed E-state index contributed by atoms with van der Waals surface area (Å²) in [6.07, 6.45) is -1.85. The third-order valence-corrected chi connectivity index (χ3v) is 3.08. The van der Waals surface area contributed by atoms with E-state index < -0.39 is 23.6 Å². The molecule has 0 heterocycles. The summed E-state index contributed by atoms with van der Waals surface area (Å²) in [6.45, 7) is 0.175. The number of ether oxygens (including phenoxy) is 2. The molecule has 0 unspecified atom stereocenters. The van der Waals surface area contributed by atoms with E-state index in [0.717, 1.165) is 12.1 Å². The van der Waals surface area contributed by atoms with Crippen LogP contribution >= 0.6 is 0 Å². The lowest BCUT2D eigenvalue weighted by Gasteiger charge is -2.19. The number of alkyl halides is 3. The third-order valence-electron chi connectivity index (χ3n) is 3.08. The predicted octanol–water partition coefficient (Wildman–Crippen LogP) is 2.37. The lowest BCUT2D eigenvalue weighted by atomic mass is 10.1. The molecule has 0 aliphatic carbocycles. The number of nitrogens with zero attached hydrogens (tertiary/aromatic N) is 1. The Balaban J connectivity index is 2.77. The molecule has 132 valence electrons. The molecule has 1 amide bonds. The molecule has 1 aromatic rings. The number of amides is 1. The highest BCUT2D eigenvalue weighted by Gasteiger charge is 2.29. The van der Waals surface area contributed by atoms with Crippen LogP contribution in [-0.4, -0.2) is 50.7 Å². The molecule has 0 spiro atoms. The van der Waals surface area contributed by atoms with Gasteiger partial charge in [0.2, 0.25) is 5.91 Å². The zero-order chi connectivity index (χ0) is 18.2. The van der Waals surface area contributed by atoms with Gasteiger partial charge >= 0.3 is 12.1 Å². The van der Waals surface area contributed by atoms with E-state index in [1.807, 2.05) is 0 Å². The van der Waals surface area contributed by atoms with E-state index in [9.17, 15) is 22.8 Å². The number of rotatable bonds is 7. The van der Waals surface area contributed by atoms with Gasteiger partial charge in [-0.3, -0.25) is 9.59 Å². The van der Waals surface area contributed by atoms with Gasteiger partial charge in [-0.05, 0) is 23.8 Å². The predicted molar refractivity (Wildman–Crippen MR) is 81.0 cm³/mol. The normalized spacial score (nSPS) is 11.5.